The van der Waals surface area contributed by atoms with Crippen LogP contribution in [0.5, 0.6) is 0 Å². The lowest BCUT2D eigenvalue weighted by molar-refractivity contribution is 0.0601. The molecule has 0 aliphatic rings. The SMILES string of the molecule is COC(=O)c1ccc2oc(-c3cc(I)ccc3Cl)nc2c1. The highest BCUT2D eigenvalue weighted by Gasteiger charge is 2.14. The van der Waals surface area contributed by atoms with Gasteiger partial charge in [0.2, 0.25) is 5.89 Å². The molecular weight excluding hydrogens is 405 g/mol. The van der Waals surface area contributed by atoms with Crippen LogP contribution in [0.25, 0.3) is 22.6 Å². The smallest absolute Gasteiger partial charge is 0.337 e. The summed E-state index contributed by atoms with van der Waals surface area (Å²) < 4.78 is 11.4. The first-order valence-electron chi connectivity index (χ1n) is 6.03. The first-order chi connectivity index (χ1) is 10.1. The summed E-state index contributed by atoms with van der Waals surface area (Å²) in [6, 6.07) is 10.6. The van der Waals surface area contributed by atoms with Crippen molar-refractivity contribution in [3.63, 3.8) is 0 Å². The molecule has 0 atom stereocenters. The zero-order valence-corrected chi connectivity index (χ0v) is 13.8. The second kappa shape index (κ2) is 5.65. The molecule has 0 N–H and O–H groups in total. The molecule has 0 saturated heterocycles. The van der Waals surface area contributed by atoms with E-state index in [0.29, 0.717) is 27.6 Å². The summed E-state index contributed by atoms with van der Waals surface area (Å²) in [6.07, 6.45) is 0. The molecule has 0 unspecified atom stereocenters. The molecule has 3 rings (SSSR count). The quantitative estimate of drug-likeness (QED) is 0.457. The highest BCUT2D eigenvalue weighted by Crippen LogP contribution is 2.31. The van der Waals surface area contributed by atoms with Crippen molar-refractivity contribution in [2.45, 2.75) is 0 Å². The Morgan fingerprint density at radius 1 is 1.29 bits per heavy atom. The third kappa shape index (κ3) is 2.75. The third-order valence-corrected chi connectivity index (χ3v) is 3.97. The summed E-state index contributed by atoms with van der Waals surface area (Å²) in [7, 11) is 1.34. The van der Waals surface area contributed by atoms with Gasteiger partial charge in [-0.05, 0) is 59.0 Å². The highest BCUT2D eigenvalue weighted by molar-refractivity contribution is 14.1. The van der Waals surface area contributed by atoms with Gasteiger partial charge in [-0.15, -0.1) is 0 Å². The lowest BCUT2D eigenvalue weighted by Crippen LogP contribution is -2.00. The summed E-state index contributed by atoms with van der Waals surface area (Å²) in [5.74, 6) is 0.0178. The molecule has 0 fully saturated rings. The molecule has 0 spiro atoms. The van der Waals surface area contributed by atoms with Crippen LogP contribution in [0.1, 0.15) is 10.4 Å². The van der Waals surface area contributed by atoms with Gasteiger partial charge in [0.05, 0.1) is 23.3 Å². The summed E-state index contributed by atoms with van der Waals surface area (Å²) in [6.45, 7) is 0. The normalized spacial score (nSPS) is 10.8. The van der Waals surface area contributed by atoms with E-state index in [1.54, 1.807) is 24.3 Å². The van der Waals surface area contributed by atoms with E-state index in [2.05, 4.69) is 27.6 Å². The van der Waals surface area contributed by atoms with E-state index < -0.39 is 5.97 Å². The second-order valence-corrected chi connectivity index (χ2v) is 5.97. The van der Waals surface area contributed by atoms with E-state index in [0.717, 1.165) is 9.13 Å². The van der Waals surface area contributed by atoms with Crippen LogP contribution in [0.3, 0.4) is 0 Å². The number of halogens is 2. The zero-order valence-electron chi connectivity index (χ0n) is 10.9. The number of fused-ring (bicyclic) bond motifs is 1. The number of benzene rings is 2. The maximum atomic E-state index is 11.5. The monoisotopic (exact) mass is 413 g/mol. The molecule has 0 radical (unpaired) electrons. The van der Waals surface area contributed by atoms with E-state index in [-0.39, 0.29) is 0 Å². The summed E-state index contributed by atoms with van der Waals surface area (Å²) in [5.41, 5.74) is 2.33. The third-order valence-electron chi connectivity index (χ3n) is 2.97. The number of aromatic nitrogens is 1. The minimum absolute atomic E-state index is 0.409. The predicted molar refractivity (Wildman–Crippen MR) is 88.5 cm³/mol. The maximum absolute atomic E-state index is 11.5. The number of ether oxygens (including phenoxy) is 1. The molecule has 0 saturated carbocycles. The van der Waals surface area contributed by atoms with Gasteiger partial charge in [0.25, 0.3) is 0 Å². The van der Waals surface area contributed by atoms with Crippen molar-refractivity contribution in [3.8, 4) is 11.5 Å². The Morgan fingerprint density at radius 3 is 2.86 bits per heavy atom. The van der Waals surface area contributed by atoms with Crippen LogP contribution >= 0.6 is 34.2 Å². The number of carbonyl (C=O) groups is 1. The van der Waals surface area contributed by atoms with Gasteiger partial charge in [-0.1, -0.05) is 11.6 Å². The average Bonchev–Trinajstić information content (AvgIpc) is 2.91. The zero-order chi connectivity index (χ0) is 15.0. The van der Waals surface area contributed by atoms with Crippen molar-refractivity contribution in [1.29, 1.82) is 0 Å². The van der Waals surface area contributed by atoms with Crippen molar-refractivity contribution in [2.75, 3.05) is 7.11 Å². The van der Waals surface area contributed by atoms with Crippen LogP contribution < -0.4 is 0 Å². The molecule has 4 nitrogen and oxygen atoms in total. The van der Waals surface area contributed by atoms with Gasteiger partial charge in [0, 0.05) is 3.57 Å². The molecule has 3 aromatic rings. The summed E-state index contributed by atoms with van der Waals surface area (Å²) in [4.78, 5) is 15.9. The molecular formula is C15H9ClINO3. The molecule has 2 aromatic carbocycles. The molecule has 0 bridgehead atoms. The number of carbonyl (C=O) groups excluding carboxylic acids is 1. The Balaban J connectivity index is 2.13. The molecule has 1 heterocycles. The standard InChI is InChI=1S/C15H9ClINO3/c1-20-15(19)8-2-5-13-12(6-8)18-14(21-13)10-7-9(17)3-4-11(10)16/h2-7H,1H3. The Hall–Kier alpha value is -1.60. The number of hydrogen-bond donors (Lipinski definition) is 0. The second-order valence-electron chi connectivity index (χ2n) is 4.32. The first kappa shape index (κ1) is 14.3. The van der Waals surface area contributed by atoms with Crippen LogP contribution in [-0.4, -0.2) is 18.1 Å². The fourth-order valence-electron chi connectivity index (χ4n) is 1.95. The maximum Gasteiger partial charge on any atom is 0.337 e. The molecule has 0 amide bonds. The van der Waals surface area contributed by atoms with E-state index in [1.807, 2.05) is 12.1 Å². The van der Waals surface area contributed by atoms with Gasteiger partial charge in [-0.2, -0.15) is 0 Å². The number of nitrogens with zero attached hydrogens (tertiary/aromatic N) is 1. The Morgan fingerprint density at radius 2 is 2.10 bits per heavy atom. The molecule has 1 aromatic heterocycles. The van der Waals surface area contributed by atoms with E-state index in [9.17, 15) is 4.79 Å². The average molecular weight is 414 g/mol. The topological polar surface area (TPSA) is 52.3 Å². The summed E-state index contributed by atoms with van der Waals surface area (Å²) >= 11 is 8.38. The fourth-order valence-corrected chi connectivity index (χ4v) is 2.64. The first-order valence-corrected chi connectivity index (χ1v) is 7.48. The number of hydrogen-bond acceptors (Lipinski definition) is 4. The fraction of sp³-hybridized carbons (Fsp3) is 0.0667. The van der Waals surface area contributed by atoms with Gasteiger partial charge < -0.3 is 9.15 Å². The van der Waals surface area contributed by atoms with Crippen molar-refractivity contribution in [1.82, 2.24) is 4.98 Å². The van der Waals surface area contributed by atoms with Crippen LogP contribution in [0.2, 0.25) is 5.02 Å². The van der Waals surface area contributed by atoms with Gasteiger partial charge in [-0.25, -0.2) is 9.78 Å². The van der Waals surface area contributed by atoms with Gasteiger partial charge in [0.1, 0.15) is 5.52 Å². The number of methoxy groups -OCH3 is 1. The van der Waals surface area contributed by atoms with Crippen LogP contribution in [0.15, 0.2) is 40.8 Å². The van der Waals surface area contributed by atoms with Crippen molar-refractivity contribution >= 4 is 51.3 Å². The predicted octanol–water partition coefficient (Wildman–Crippen LogP) is 4.54. The molecule has 0 aliphatic heterocycles. The van der Waals surface area contributed by atoms with Gasteiger partial charge >= 0.3 is 5.97 Å². The molecule has 0 aliphatic carbocycles. The number of rotatable bonds is 2. The summed E-state index contributed by atoms with van der Waals surface area (Å²) in [5, 5.41) is 0.565. The van der Waals surface area contributed by atoms with E-state index in [1.165, 1.54) is 7.11 Å². The van der Waals surface area contributed by atoms with Gasteiger partial charge in [-0.3, -0.25) is 0 Å². The van der Waals surface area contributed by atoms with Crippen molar-refractivity contribution in [2.24, 2.45) is 0 Å². The minimum atomic E-state index is -0.409. The Bertz CT molecular complexity index is 844. The van der Waals surface area contributed by atoms with Crippen LogP contribution in [0, 0.1) is 3.57 Å². The Kier molecular flexibility index (Phi) is 3.86. The molecule has 6 heteroatoms. The molecule has 106 valence electrons. The largest absolute Gasteiger partial charge is 0.465 e. The van der Waals surface area contributed by atoms with Gasteiger partial charge in [0.15, 0.2) is 5.58 Å². The van der Waals surface area contributed by atoms with Crippen LogP contribution in [0.4, 0.5) is 0 Å². The molecule has 21 heavy (non-hydrogen) atoms. The van der Waals surface area contributed by atoms with E-state index >= 15 is 0 Å². The number of esters is 1. The van der Waals surface area contributed by atoms with Crippen molar-refractivity contribution in [3.05, 3.63) is 50.6 Å². The van der Waals surface area contributed by atoms with Crippen LogP contribution in [-0.2, 0) is 4.74 Å². The lowest BCUT2D eigenvalue weighted by Gasteiger charge is -1.99. The highest BCUT2D eigenvalue weighted by atomic mass is 127. The minimum Gasteiger partial charge on any atom is -0.465 e. The van der Waals surface area contributed by atoms with Crippen molar-refractivity contribution < 1.29 is 13.9 Å². The lowest BCUT2D eigenvalue weighted by atomic mass is 10.2. The number of oxazole rings is 1. The Labute approximate surface area is 139 Å². The van der Waals surface area contributed by atoms with E-state index in [4.69, 9.17) is 20.8 Å².